The molecule has 0 amide bonds. The largest absolute Gasteiger partial charge is 0.395 e. The highest BCUT2D eigenvalue weighted by atomic mass is 32.2. The Balaban J connectivity index is 2.13. The van der Waals surface area contributed by atoms with Crippen LogP contribution in [0.25, 0.3) is 0 Å². The topological polar surface area (TPSA) is 37.3 Å². The Morgan fingerprint density at radius 2 is 2.13 bits per heavy atom. The van der Waals surface area contributed by atoms with E-state index in [1.807, 2.05) is 30.3 Å². The van der Waals surface area contributed by atoms with Gasteiger partial charge in [-0.3, -0.25) is 4.79 Å². The third-order valence-electron chi connectivity index (χ3n) is 2.74. The van der Waals surface area contributed by atoms with E-state index >= 15 is 0 Å². The first-order valence-corrected chi connectivity index (χ1v) is 6.19. The van der Waals surface area contributed by atoms with E-state index in [1.165, 1.54) is 0 Å². The summed E-state index contributed by atoms with van der Waals surface area (Å²) in [5, 5.41) is 9.40. The van der Waals surface area contributed by atoms with Crippen LogP contribution in [0.2, 0.25) is 0 Å². The molecular formula is C12H14O2S. The average Bonchev–Trinajstić information content (AvgIpc) is 2.18. The lowest BCUT2D eigenvalue weighted by Gasteiger charge is -2.27. The molecule has 0 radical (unpaired) electrons. The summed E-state index contributed by atoms with van der Waals surface area (Å²) in [7, 11) is 0. The lowest BCUT2D eigenvalue weighted by atomic mass is 9.92. The molecule has 1 aromatic rings. The number of carbonyl (C=O) groups excluding carboxylic acids is 1. The molecule has 1 N–H and O–H groups in total. The van der Waals surface area contributed by atoms with Crippen LogP contribution in [-0.2, 0) is 4.79 Å². The van der Waals surface area contributed by atoms with E-state index in [9.17, 15) is 9.90 Å². The molecule has 0 bridgehead atoms. The Morgan fingerprint density at radius 1 is 1.47 bits per heavy atom. The average molecular weight is 222 g/mol. The number of thioether (sulfide) groups is 1. The normalized spacial score (nSPS) is 21.8. The molecular weight excluding hydrogens is 208 g/mol. The molecule has 2 rings (SSSR count). The third kappa shape index (κ3) is 2.24. The quantitative estimate of drug-likeness (QED) is 0.844. The van der Waals surface area contributed by atoms with Crippen LogP contribution in [0, 0.1) is 0 Å². The second-order valence-corrected chi connectivity index (χ2v) is 5.01. The van der Waals surface area contributed by atoms with Crippen LogP contribution in [-0.4, -0.2) is 28.5 Å². The summed E-state index contributed by atoms with van der Waals surface area (Å²) in [5.74, 6) is 0.924. The summed E-state index contributed by atoms with van der Waals surface area (Å²) >= 11 is 1.69. The fraction of sp³-hybridized carbons (Fsp3) is 0.417. The van der Waals surface area contributed by atoms with E-state index in [2.05, 4.69) is 0 Å². The third-order valence-corrected chi connectivity index (χ3v) is 4.09. The van der Waals surface area contributed by atoms with Crippen molar-refractivity contribution in [3.63, 3.8) is 0 Å². The highest BCUT2D eigenvalue weighted by molar-refractivity contribution is 8.02. The first kappa shape index (κ1) is 10.7. The van der Waals surface area contributed by atoms with E-state index in [0.29, 0.717) is 0 Å². The highest BCUT2D eigenvalue weighted by Crippen LogP contribution is 2.33. The molecule has 1 aromatic carbocycles. The summed E-state index contributed by atoms with van der Waals surface area (Å²) < 4.78 is 0. The fourth-order valence-corrected chi connectivity index (χ4v) is 2.53. The van der Waals surface area contributed by atoms with Crippen molar-refractivity contribution in [1.82, 2.24) is 0 Å². The summed E-state index contributed by atoms with van der Waals surface area (Å²) in [4.78, 5) is 12.0. The van der Waals surface area contributed by atoms with Gasteiger partial charge in [-0.25, -0.2) is 0 Å². The maximum Gasteiger partial charge on any atom is 0.155 e. The number of hydrogen-bond donors (Lipinski definition) is 1. The summed E-state index contributed by atoms with van der Waals surface area (Å²) in [6.07, 6.45) is 0.965. The first-order valence-electron chi connectivity index (χ1n) is 5.14. The van der Waals surface area contributed by atoms with Gasteiger partial charge in [-0.2, -0.15) is 11.8 Å². The SMILES string of the molecule is O=C(C1CCS1)C(CO)c1ccccc1. The van der Waals surface area contributed by atoms with Crippen molar-refractivity contribution in [2.45, 2.75) is 17.6 Å². The predicted molar refractivity (Wildman–Crippen MR) is 62.1 cm³/mol. The van der Waals surface area contributed by atoms with Gasteiger partial charge in [0.25, 0.3) is 0 Å². The number of benzene rings is 1. The van der Waals surface area contributed by atoms with E-state index in [4.69, 9.17) is 0 Å². The number of hydrogen-bond acceptors (Lipinski definition) is 3. The van der Waals surface area contributed by atoms with Crippen molar-refractivity contribution in [3.05, 3.63) is 35.9 Å². The molecule has 3 heteroatoms. The Labute approximate surface area is 93.7 Å². The molecule has 2 nitrogen and oxygen atoms in total. The van der Waals surface area contributed by atoms with Gasteiger partial charge < -0.3 is 5.11 Å². The lowest BCUT2D eigenvalue weighted by molar-refractivity contribution is -0.121. The van der Waals surface area contributed by atoms with Gasteiger partial charge in [0.1, 0.15) is 0 Å². The van der Waals surface area contributed by atoms with Crippen LogP contribution in [0.4, 0.5) is 0 Å². The fourth-order valence-electron chi connectivity index (χ4n) is 1.73. The Kier molecular flexibility index (Phi) is 3.44. The molecule has 0 aliphatic carbocycles. The molecule has 0 spiro atoms. The molecule has 2 unspecified atom stereocenters. The van der Waals surface area contributed by atoms with Crippen LogP contribution < -0.4 is 0 Å². The molecule has 1 aliphatic heterocycles. The van der Waals surface area contributed by atoms with Gasteiger partial charge >= 0.3 is 0 Å². The van der Waals surface area contributed by atoms with Crippen molar-refractivity contribution in [2.75, 3.05) is 12.4 Å². The number of carbonyl (C=O) groups is 1. The molecule has 80 valence electrons. The van der Waals surface area contributed by atoms with Gasteiger partial charge in [0, 0.05) is 0 Å². The first-order chi connectivity index (χ1) is 7.33. The zero-order valence-electron chi connectivity index (χ0n) is 8.43. The van der Waals surface area contributed by atoms with Crippen molar-refractivity contribution >= 4 is 17.5 Å². The van der Waals surface area contributed by atoms with Crippen LogP contribution in [0.15, 0.2) is 30.3 Å². The predicted octanol–water partition coefficient (Wildman–Crippen LogP) is 1.84. The van der Waals surface area contributed by atoms with E-state index in [1.54, 1.807) is 11.8 Å². The minimum atomic E-state index is -0.330. The summed E-state index contributed by atoms with van der Waals surface area (Å²) in [6, 6.07) is 9.53. The van der Waals surface area contributed by atoms with Crippen LogP contribution in [0.3, 0.4) is 0 Å². The Morgan fingerprint density at radius 3 is 2.60 bits per heavy atom. The van der Waals surface area contributed by atoms with E-state index in [-0.39, 0.29) is 23.6 Å². The minimum absolute atomic E-state index is 0.0834. The zero-order valence-corrected chi connectivity index (χ0v) is 9.24. The standard InChI is InChI=1S/C12H14O2S/c13-8-10(9-4-2-1-3-5-9)12(14)11-6-7-15-11/h1-5,10-11,13H,6-8H2. The molecule has 15 heavy (non-hydrogen) atoms. The second-order valence-electron chi connectivity index (χ2n) is 3.70. The highest BCUT2D eigenvalue weighted by Gasteiger charge is 2.32. The van der Waals surface area contributed by atoms with Crippen molar-refractivity contribution in [2.24, 2.45) is 0 Å². The maximum atomic E-state index is 12.0. The number of aliphatic hydroxyl groups is 1. The van der Waals surface area contributed by atoms with Crippen LogP contribution in [0.1, 0.15) is 17.9 Å². The van der Waals surface area contributed by atoms with Crippen molar-refractivity contribution < 1.29 is 9.90 Å². The monoisotopic (exact) mass is 222 g/mol. The smallest absolute Gasteiger partial charge is 0.155 e. The van der Waals surface area contributed by atoms with Crippen LogP contribution >= 0.6 is 11.8 Å². The van der Waals surface area contributed by atoms with Gasteiger partial charge in [-0.1, -0.05) is 30.3 Å². The Bertz CT molecular complexity index is 333. The summed E-state index contributed by atoms with van der Waals surface area (Å²) in [5.41, 5.74) is 0.928. The van der Waals surface area contributed by atoms with Crippen molar-refractivity contribution in [1.29, 1.82) is 0 Å². The molecule has 0 aromatic heterocycles. The second kappa shape index (κ2) is 4.81. The van der Waals surface area contributed by atoms with Gasteiger partial charge in [0.15, 0.2) is 5.78 Å². The number of ketones is 1. The van der Waals surface area contributed by atoms with Crippen molar-refractivity contribution in [3.8, 4) is 0 Å². The van der Waals surface area contributed by atoms with Gasteiger partial charge in [-0.15, -0.1) is 0 Å². The molecule has 1 saturated heterocycles. The Hall–Kier alpha value is -0.800. The number of rotatable bonds is 4. The molecule has 1 heterocycles. The maximum absolute atomic E-state index is 12.0. The number of Topliss-reactive ketones (excluding diaryl/α,β-unsaturated/α-hetero) is 1. The van der Waals surface area contributed by atoms with E-state index in [0.717, 1.165) is 17.7 Å². The number of aliphatic hydroxyl groups excluding tert-OH is 1. The zero-order chi connectivity index (χ0) is 10.7. The van der Waals surface area contributed by atoms with Gasteiger partial charge in [0.2, 0.25) is 0 Å². The van der Waals surface area contributed by atoms with Gasteiger partial charge in [-0.05, 0) is 17.7 Å². The van der Waals surface area contributed by atoms with Crippen LogP contribution in [0.5, 0.6) is 0 Å². The minimum Gasteiger partial charge on any atom is -0.395 e. The van der Waals surface area contributed by atoms with Gasteiger partial charge in [0.05, 0.1) is 17.8 Å². The molecule has 2 atom stereocenters. The molecule has 1 aliphatic rings. The molecule has 0 saturated carbocycles. The summed E-state index contributed by atoms with van der Waals surface area (Å²) in [6.45, 7) is -0.0834. The molecule has 1 fully saturated rings. The lowest BCUT2D eigenvalue weighted by Crippen LogP contribution is -2.32. The van der Waals surface area contributed by atoms with E-state index < -0.39 is 0 Å².